The zero-order valence-electron chi connectivity index (χ0n) is 14.2. The quantitative estimate of drug-likeness (QED) is 0.597. The summed E-state index contributed by atoms with van der Waals surface area (Å²) in [6.07, 6.45) is 4.58. The first-order chi connectivity index (χ1) is 12.2. The number of fused-ring (bicyclic) bond motifs is 1. The number of aryl methyl sites for hydroxylation is 4. The van der Waals surface area contributed by atoms with Crippen molar-refractivity contribution in [3.8, 4) is 0 Å². The average Bonchev–Trinajstić information content (AvgIpc) is 3.18. The van der Waals surface area contributed by atoms with E-state index in [1.165, 1.54) is 5.56 Å². The van der Waals surface area contributed by atoms with Crippen molar-refractivity contribution in [1.29, 1.82) is 0 Å². The molecule has 4 rings (SSSR count). The molecule has 0 unspecified atom stereocenters. The van der Waals surface area contributed by atoms with Crippen molar-refractivity contribution in [3.05, 3.63) is 65.9 Å². The number of nitrogens with one attached hydrogen (secondary N) is 1. The van der Waals surface area contributed by atoms with Gasteiger partial charge in [-0.25, -0.2) is 9.97 Å². The number of imidazole rings is 1. The molecule has 4 aromatic rings. The lowest BCUT2D eigenvalue weighted by Gasteiger charge is -2.07. The minimum atomic E-state index is 0.748. The van der Waals surface area contributed by atoms with Gasteiger partial charge in [-0.05, 0) is 31.9 Å². The SMILES string of the molecule is Cc1noc(C)c1Nc1cnc2ncn(CCc3ccccc3)c2c1. The molecular weight excluding hydrogens is 314 g/mol. The molecular formula is C19H19N5O. The van der Waals surface area contributed by atoms with E-state index in [2.05, 4.69) is 55.3 Å². The molecule has 0 spiro atoms. The summed E-state index contributed by atoms with van der Waals surface area (Å²) in [5.74, 6) is 0.759. The van der Waals surface area contributed by atoms with Crippen molar-refractivity contribution in [2.75, 3.05) is 5.32 Å². The van der Waals surface area contributed by atoms with Crippen molar-refractivity contribution in [2.24, 2.45) is 0 Å². The fraction of sp³-hybridized carbons (Fsp3) is 0.211. The van der Waals surface area contributed by atoms with Crippen LogP contribution < -0.4 is 5.32 Å². The fourth-order valence-corrected chi connectivity index (χ4v) is 2.89. The minimum Gasteiger partial charge on any atom is -0.359 e. The second-order valence-corrected chi connectivity index (χ2v) is 6.06. The second kappa shape index (κ2) is 6.39. The standard InChI is InChI=1S/C19H19N5O/c1-13-18(14(2)25-23-13)22-16-10-17-19(20-11-16)21-12-24(17)9-8-15-6-4-3-5-7-15/h3-7,10-12,22H,8-9H2,1-2H3. The molecule has 0 saturated carbocycles. The molecule has 0 amide bonds. The maximum absolute atomic E-state index is 5.20. The van der Waals surface area contributed by atoms with E-state index in [9.17, 15) is 0 Å². The predicted octanol–water partition coefficient (Wildman–Crippen LogP) is 4.02. The molecule has 0 bridgehead atoms. The van der Waals surface area contributed by atoms with Gasteiger partial charge in [0.25, 0.3) is 0 Å². The summed E-state index contributed by atoms with van der Waals surface area (Å²) in [4.78, 5) is 8.85. The Kier molecular flexibility index (Phi) is 3.93. The van der Waals surface area contributed by atoms with Gasteiger partial charge in [-0.2, -0.15) is 0 Å². The molecule has 25 heavy (non-hydrogen) atoms. The lowest BCUT2D eigenvalue weighted by molar-refractivity contribution is 0.393. The highest BCUT2D eigenvalue weighted by molar-refractivity contribution is 5.77. The van der Waals surface area contributed by atoms with Gasteiger partial charge in [0.1, 0.15) is 11.4 Å². The second-order valence-electron chi connectivity index (χ2n) is 6.06. The smallest absolute Gasteiger partial charge is 0.177 e. The van der Waals surface area contributed by atoms with E-state index in [-0.39, 0.29) is 0 Å². The third kappa shape index (κ3) is 3.10. The maximum atomic E-state index is 5.20. The first-order valence-electron chi connectivity index (χ1n) is 8.25. The Hall–Kier alpha value is -3.15. The molecule has 3 heterocycles. The van der Waals surface area contributed by atoms with Gasteiger partial charge in [0.2, 0.25) is 0 Å². The zero-order valence-corrected chi connectivity index (χ0v) is 14.2. The van der Waals surface area contributed by atoms with Gasteiger partial charge in [-0.15, -0.1) is 0 Å². The third-order valence-electron chi connectivity index (χ3n) is 4.26. The van der Waals surface area contributed by atoms with E-state index in [0.717, 1.165) is 47.0 Å². The highest BCUT2D eigenvalue weighted by Gasteiger charge is 2.11. The Bertz CT molecular complexity index is 984. The Labute approximate surface area is 145 Å². The summed E-state index contributed by atoms with van der Waals surface area (Å²) in [5, 5.41) is 7.31. The number of rotatable bonds is 5. The van der Waals surface area contributed by atoms with Crippen LogP contribution in [-0.2, 0) is 13.0 Å². The molecule has 1 aromatic carbocycles. The van der Waals surface area contributed by atoms with Crippen molar-refractivity contribution in [2.45, 2.75) is 26.8 Å². The molecule has 126 valence electrons. The van der Waals surface area contributed by atoms with Crippen LogP contribution in [0.25, 0.3) is 11.2 Å². The number of aromatic nitrogens is 4. The summed E-state index contributed by atoms with van der Waals surface area (Å²) in [6, 6.07) is 12.5. The molecule has 0 saturated heterocycles. The van der Waals surface area contributed by atoms with Crippen molar-refractivity contribution >= 4 is 22.5 Å². The van der Waals surface area contributed by atoms with E-state index in [4.69, 9.17) is 4.52 Å². The number of anilines is 2. The van der Waals surface area contributed by atoms with Gasteiger partial charge in [-0.3, -0.25) is 0 Å². The number of benzene rings is 1. The first-order valence-corrected chi connectivity index (χ1v) is 8.25. The normalized spacial score (nSPS) is 11.1. The molecule has 6 nitrogen and oxygen atoms in total. The highest BCUT2D eigenvalue weighted by atomic mass is 16.5. The lowest BCUT2D eigenvalue weighted by atomic mass is 10.1. The van der Waals surface area contributed by atoms with Crippen LogP contribution in [0.2, 0.25) is 0 Å². The predicted molar refractivity (Wildman–Crippen MR) is 96.9 cm³/mol. The van der Waals surface area contributed by atoms with Gasteiger partial charge >= 0.3 is 0 Å². The van der Waals surface area contributed by atoms with E-state index >= 15 is 0 Å². The van der Waals surface area contributed by atoms with Crippen LogP contribution in [0.5, 0.6) is 0 Å². The van der Waals surface area contributed by atoms with E-state index < -0.39 is 0 Å². The monoisotopic (exact) mass is 333 g/mol. The van der Waals surface area contributed by atoms with Crippen molar-refractivity contribution in [3.63, 3.8) is 0 Å². The van der Waals surface area contributed by atoms with Crippen LogP contribution >= 0.6 is 0 Å². The fourth-order valence-electron chi connectivity index (χ4n) is 2.89. The first kappa shape index (κ1) is 15.4. The van der Waals surface area contributed by atoms with Gasteiger partial charge < -0.3 is 14.4 Å². The Morgan fingerprint density at radius 2 is 1.96 bits per heavy atom. The summed E-state index contributed by atoms with van der Waals surface area (Å²) in [6.45, 7) is 4.66. The minimum absolute atomic E-state index is 0.748. The van der Waals surface area contributed by atoms with Gasteiger partial charge in [-0.1, -0.05) is 35.5 Å². The lowest BCUT2D eigenvalue weighted by Crippen LogP contribution is -2.00. The number of hydrogen-bond acceptors (Lipinski definition) is 5. The van der Waals surface area contributed by atoms with Crippen LogP contribution in [0, 0.1) is 13.8 Å². The molecule has 0 aliphatic rings. The molecule has 0 aliphatic carbocycles. The van der Waals surface area contributed by atoms with E-state index in [0.29, 0.717) is 0 Å². The summed E-state index contributed by atoms with van der Waals surface area (Å²) in [7, 11) is 0. The van der Waals surface area contributed by atoms with Gasteiger partial charge in [0.05, 0.1) is 23.7 Å². The number of hydrogen-bond donors (Lipinski definition) is 1. The molecule has 0 aliphatic heterocycles. The summed E-state index contributed by atoms with van der Waals surface area (Å²) < 4.78 is 7.33. The summed E-state index contributed by atoms with van der Waals surface area (Å²) in [5.41, 5.74) is 5.67. The van der Waals surface area contributed by atoms with Crippen LogP contribution in [-0.4, -0.2) is 19.7 Å². The highest BCUT2D eigenvalue weighted by Crippen LogP contribution is 2.25. The Morgan fingerprint density at radius 3 is 2.72 bits per heavy atom. The van der Waals surface area contributed by atoms with E-state index in [1.54, 1.807) is 6.20 Å². The molecule has 0 fully saturated rings. The zero-order chi connectivity index (χ0) is 17.2. The topological polar surface area (TPSA) is 68.8 Å². The number of pyridine rings is 1. The maximum Gasteiger partial charge on any atom is 0.177 e. The van der Waals surface area contributed by atoms with Gasteiger partial charge in [0, 0.05) is 6.54 Å². The van der Waals surface area contributed by atoms with Crippen LogP contribution in [0.3, 0.4) is 0 Å². The van der Waals surface area contributed by atoms with Crippen LogP contribution in [0.1, 0.15) is 17.0 Å². The largest absolute Gasteiger partial charge is 0.359 e. The molecule has 0 radical (unpaired) electrons. The Morgan fingerprint density at radius 1 is 1.12 bits per heavy atom. The molecule has 0 atom stereocenters. The molecule has 1 N–H and O–H groups in total. The summed E-state index contributed by atoms with van der Waals surface area (Å²) >= 11 is 0. The Balaban J connectivity index is 1.59. The van der Waals surface area contributed by atoms with Crippen LogP contribution in [0.15, 0.2) is 53.4 Å². The third-order valence-corrected chi connectivity index (χ3v) is 4.26. The molecule has 3 aromatic heterocycles. The van der Waals surface area contributed by atoms with E-state index in [1.807, 2.05) is 26.2 Å². The number of nitrogens with zero attached hydrogens (tertiary/aromatic N) is 4. The molecule has 6 heteroatoms. The average molecular weight is 333 g/mol. The van der Waals surface area contributed by atoms with Crippen molar-refractivity contribution < 1.29 is 4.52 Å². The van der Waals surface area contributed by atoms with Crippen LogP contribution in [0.4, 0.5) is 11.4 Å². The van der Waals surface area contributed by atoms with Crippen molar-refractivity contribution in [1.82, 2.24) is 19.7 Å². The van der Waals surface area contributed by atoms with Gasteiger partial charge in [0.15, 0.2) is 11.4 Å².